The Bertz CT molecular complexity index is 717. The summed E-state index contributed by atoms with van der Waals surface area (Å²) in [5.74, 6) is 0.0383. The number of amides is 2. The molecular weight excluding hydrogens is 358 g/mol. The van der Waals surface area contributed by atoms with Crippen molar-refractivity contribution >= 4 is 11.8 Å². The summed E-state index contributed by atoms with van der Waals surface area (Å²) in [6.07, 6.45) is 5.31. The van der Waals surface area contributed by atoms with Crippen molar-refractivity contribution in [1.82, 2.24) is 10.2 Å². The van der Waals surface area contributed by atoms with E-state index >= 15 is 0 Å². The van der Waals surface area contributed by atoms with Crippen LogP contribution >= 0.6 is 0 Å². The second kappa shape index (κ2) is 8.49. The van der Waals surface area contributed by atoms with Crippen LogP contribution in [0, 0.1) is 0 Å². The molecule has 0 aromatic heterocycles. The number of rotatable bonds is 7. The van der Waals surface area contributed by atoms with Crippen molar-refractivity contribution in [1.29, 1.82) is 0 Å². The molecule has 2 aliphatic rings. The van der Waals surface area contributed by atoms with Crippen LogP contribution in [0.25, 0.3) is 0 Å². The summed E-state index contributed by atoms with van der Waals surface area (Å²) < 4.78 is 5.24. The third-order valence-electron chi connectivity index (χ3n) is 6.11. The first-order chi connectivity index (χ1) is 13.4. The predicted octanol–water partition coefficient (Wildman–Crippen LogP) is 1.33. The molecule has 4 N–H and O–H groups in total. The summed E-state index contributed by atoms with van der Waals surface area (Å²) in [4.78, 5) is 26.8. The zero-order valence-electron chi connectivity index (χ0n) is 16.6. The normalized spacial score (nSPS) is 24.8. The minimum atomic E-state index is -1.52. The maximum absolute atomic E-state index is 13.0. The zero-order valence-corrected chi connectivity index (χ0v) is 16.6. The Balaban J connectivity index is 1.68. The Morgan fingerprint density at radius 3 is 2.68 bits per heavy atom. The fraction of sp³-hybridized carbons (Fsp3) is 0.619. The molecule has 0 spiro atoms. The van der Waals surface area contributed by atoms with Crippen LogP contribution in [0.4, 0.5) is 0 Å². The highest BCUT2D eigenvalue weighted by Crippen LogP contribution is 2.30. The quantitative estimate of drug-likeness (QED) is 0.652. The van der Waals surface area contributed by atoms with Gasteiger partial charge in [-0.1, -0.05) is 31.4 Å². The van der Waals surface area contributed by atoms with Gasteiger partial charge in [-0.05, 0) is 43.4 Å². The lowest BCUT2D eigenvalue weighted by atomic mass is 9.80. The number of carbonyl (C=O) groups is 2. The van der Waals surface area contributed by atoms with Crippen molar-refractivity contribution in [2.24, 2.45) is 5.73 Å². The number of hydrogen-bond donors (Lipinski definition) is 3. The standard InChI is InChI=1S/C21H31N3O4/c1-28-17-8-5-7-16(13-17)14-24-12-6-11-21(27,19(24)26)15-23-20(18(22)25)9-3-2-4-10-20/h5,7-8,13,23,27H,2-4,6,9-12,14-15H2,1H3,(H2,22,25)/t21-/m1/s1. The lowest BCUT2D eigenvalue weighted by molar-refractivity contribution is -0.158. The average molecular weight is 389 g/mol. The van der Waals surface area contributed by atoms with Crippen molar-refractivity contribution < 1.29 is 19.4 Å². The van der Waals surface area contributed by atoms with Crippen molar-refractivity contribution in [3.63, 3.8) is 0 Å². The van der Waals surface area contributed by atoms with Crippen molar-refractivity contribution in [2.75, 3.05) is 20.2 Å². The first kappa shape index (κ1) is 20.6. The van der Waals surface area contributed by atoms with Gasteiger partial charge in [-0.2, -0.15) is 0 Å². The molecule has 1 aromatic carbocycles. The number of nitrogens with zero attached hydrogens (tertiary/aromatic N) is 1. The van der Waals surface area contributed by atoms with Crippen LogP contribution in [0.15, 0.2) is 24.3 Å². The van der Waals surface area contributed by atoms with Crippen LogP contribution in [-0.4, -0.2) is 53.2 Å². The van der Waals surface area contributed by atoms with Crippen molar-refractivity contribution in [3.05, 3.63) is 29.8 Å². The number of methoxy groups -OCH3 is 1. The molecule has 1 atom stereocenters. The first-order valence-corrected chi connectivity index (χ1v) is 10.1. The molecule has 7 heteroatoms. The van der Waals surface area contributed by atoms with Gasteiger partial charge >= 0.3 is 0 Å². The molecule has 1 aromatic rings. The van der Waals surface area contributed by atoms with Crippen LogP contribution in [0.2, 0.25) is 0 Å². The Morgan fingerprint density at radius 1 is 1.25 bits per heavy atom. The van der Waals surface area contributed by atoms with Gasteiger partial charge in [0, 0.05) is 19.6 Å². The maximum Gasteiger partial charge on any atom is 0.256 e. The number of nitrogens with one attached hydrogen (secondary N) is 1. The van der Waals surface area contributed by atoms with Gasteiger partial charge in [-0.3, -0.25) is 14.9 Å². The highest BCUT2D eigenvalue weighted by Gasteiger charge is 2.45. The summed E-state index contributed by atoms with van der Waals surface area (Å²) in [6.45, 7) is 1.06. The molecule has 2 fully saturated rings. The Labute approximate surface area is 166 Å². The van der Waals surface area contributed by atoms with Gasteiger partial charge in [0.1, 0.15) is 5.75 Å². The minimum absolute atomic E-state index is 0.0450. The van der Waals surface area contributed by atoms with Crippen molar-refractivity contribution in [3.8, 4) is 5.75 Å². The van der Waals surface area contributed by atoms with Crippen LogP contribution in [0.5, 0.6) is 5.75 Å². The number of aliphatic hydroxyl groups is 1. The van der Waals surface area contributed by atoms with E-state index in [2.05, 4.69) is 5.32 Å². The highest BCUT2D eigenvalue weighted by molar-refractivity contribution is 5.87. The van der Waals surface area contributed by atoms with Crippen LogP contribution in [0.1, 0.15) is 50.5 Å². The molecule has 1 aliphatic heterocycles. The number of benzene rings is 1. The second-order valence-electron chi connectivity index (χ2n) is 8.07. The second-order valence-corrected chi connectivity index (χ2v) is 8.07. The van der Waals surface area contributed by atoms with E-state index in [-0.39, 0.29) is 12.5 Å². The summed E-state index contributed by atoms with van der Waals surface area (Å²) in [7, 11) is 1.61. The van der Waals surface area contributed by atoms with E-state index in [4.69, 9.17) is 10.5 Å². The van der Waals surface area contributed by atoms with Gasteiger partial charge in [0.25, 0.3) is 5.91 Å². The molecule has 28 heavy (non-hydrogen) atoms. The number of primary amides is 1. The van der Waals surface area contributed by atoms with Gasteiger partial charge in [-0.15, -0.1) is 0 Å². The topological polar surface area (TPSA) is 105 Å². The molecular formula is C21H31N3O4. The number of β-amino-alcohol motifs (C(OH)–C–C–N with tert-alkyl or cyclic N) is 1. The molecule has 154 valence electrons. The lowest BCUT2D eigenvalue weighted by Crippen LogP contribution is -2.64. The first-order valence-electron chi connectivity index (χ1n) is 10.1. The molecule has 3 rings (SSSR count). The monoisotopic (exact) mass is 389 g/mol. The molecule has 1 heterocycles. The van der Waals surface area contributed by atoms with Gasteiger partial charge in [0.05, 0.1) is 12.6 Å². The Hall–Kier alpha value is -2.12. The molecule has 1 saturated carbocycles. The van der Waals surface area contributed by atoms with E-state index in [1.165, 1.54) is 0 Å². The van der Waals surface area contributed by atoms with E-state index in [0.717, 1.165) is 30.6 Å². The van der Waals surface area contributed by atoms with Crippen LogP contribution in [-0.2, 0) is 16.1 Å². The molecule has 1 aliphatic carbocycles. The number of hydrogen-bond acceptors (Lipinski definition) is 5. The molecule has 2 amide bonds. The molecule has 0 bridgehead atoms. The minimum Gasteiger partial charge on any atom is -0.497 e. The summed E-state index contributed by atoms with van der Waals surface area (Å²) in [5.41, 5.74) is 4.28. The van der Waals surface area contributed by atoms with E-state index in [9.17, 15) is 14.7 Å². The van der Waals surface area contributed by atoms with Crippen LogP contribution < -0.4 is 15.8 Å². The third-order valence-corrected chi connectivity index (χ3v) is 6.11. The maximum atomic E-state index is 13.0. The number of likely N-dealkylation sites (tertiary alicyclic amines) is 1. The van der Waals surface area contributed by atoms with Gasteiger partial charge in [0.2, 0.25) is 5.91 Å². The molecule has 7 nitrogen and oxygen atoms in total. The summed E-state index contributed by atoms with van der Waals surface area (Å²) >= 11 is 0. The van der Waals surface area contributed by atoms with E-state index in [0.29, 0.717) is 38.8 Å². The third kappa shape index (κ3) is 4.31. The van der Waals surface area contributed by atoms with Gasteiger partial charge in [-0.25, -0.2) is 0 Å². The number of ether oxygens (including phenoxy) is 1. The summed E-state index contributed by atoms with van der Waals surface area (Å²) in [5, 5.41) is 14.3. The Kier molecular flexibility index (Phi) is 6.25. The highest BCUT2D eigenvalue weighted by atomic mass is 16.5. The number of carbonyl (C=O) groups excluding carboxylic acids is 2. The van der Waals surface area contributed by atoms with Gasteiger partial charge in [0.15, 0.2) is 5.60 Å². The van der Waals surface area contributed by atoms with Gasteiger partial charge < -0.3 is 20.5 Å². The number of nitrogens with two attached hydrogens (primary N) is 1. The van der Waals surface area contributed by atoms with E-state index < -0.39 is 17.0 Å². The summed E-state index contributed by atoms with van der Waals surface area (Å²) in [6, 6.07) is 7.57. The zero-order chi connectivity index (χ0) is 20.2. The number of piperidine rings is 1. The fourth-order valence-corrected chi connectivity index (χ4v) is 4.35. The van der Waals surface area contributed by atoms with E-state index in [1.807, 2.05) is 24.3 Å². The van der Waals surface area contributed by atoms with Crippen molar-refractivity contribution in [2.45, 2.75) is 62.6 Å². The predicted molar refractivity (Wildman–Crippen MR) is 106 cm³/mol. The van der Waals surface area contributed by atoms with E-state index in [1.54, 1.807) is 12.0 Å². The SMILES string of the molecule is COc1cccc(CN2CCC[C@@](O)(CNC3(C(N)=O)CCCCC3)C2=O)c1. The van der Waals surface area contributed by atoms with Crippen LogP contribution in [0.3, 0.4) is 0 Å². The molecule has 0 unspecified atom stereocenters. The smallest absolute Gasteiger partial charge is 0.256 e. The lowest BCUT2D eigenvalue weighted by Gasteiger charge is -2.42. The molecule has 0 radical (unpaired) electrons. The largest absolute Gasteiger partial charge is 0.497 e. The fourth-order valence-electron chi connectivity index (χ4n) is 4.35. The molecule has 1 saturated heterocycles. The average Bonchev–Trinajstić information content (AvgIpc) is 2.71. The Morgan fingerprint density at radius 2 is 2.00 bits per heavy atom.